The van der Waals surface area contributed by atoms with E-state index in [1.807, 2.05) is 84.9 Å². The van der Waals surface area contributed by atoms with Crippen molar-refractivity contribution >= 4 is 17.1 Å². The first-order valence-corrected chi connectivity index (χ1v) is 9.19. The van der Waals surface area contributed by atoms with Gasteiger partial charge in [-0.3, -0.25) is 4.79 Å². The van der Waals surface area contributed by atoms with Crippen LogP contribution in [-0.2, 0) is 16.9 Å². The lowest BCUT2D eigenvalue weighted by Gasteiger charge is -2.41. The van der Waals surface area contributed by atoms with Crippen molar-refractivity contribution < 1.29 is 9.90 Å². The van der Waals surface area contributed by atoms with Gasteiger partial charge in [0.15, 0.2) is 5.72 Å². The number of hydrogen-bond acceptors (Lipinski definition) is 2. The van der Waals surface area contributed by atoms with Crippen molar-refractivity contribution in [3.05, 3.63) is 107 Å². The van der Waals surface area contributed by atoms with E-state index in [0.29, 0.717) is 17.7 Å². The first kappa shape index (κ1) is 16.0. The molecule has 3 nitrogen and oxygen atoms in total. The predicted molar refractivity (Wildman–Crippen MR) is 105 cm³/mol. The second kappa shape index (κ2) is 5.93. The standard InChI is InChI=1S/C24H19NO2/c26-23-21(18-10-3-1-4-11-18)22(19-12-5-2-6-13-19)24(27)20-14-8-7-9-17(20)15-16-25(23)24/h1-14,27H,15-16H2. The average molecular weight is 353 g/mol. The SMILES string of the molecule is O=C1C(c2ccccc2)=C(c2ccccc2)C2(O)c3ccccc3CCN12. The average Bonchev–Trinajstić information content (AvgIpc) is 2.97. The number of benzene rings is 3. The summed E-state index contributed by atoms with van der Waals surface area (Å²) in [6.45, 7) is 0.499. The molecule has 1 atom stereocenters. The number of aliphatic hydroxyl groups is 1. The van der Waals surface area contributed by atoms with Gasteiger partial charge in [-0.2, -0.15) is 0 Å². The molecule has 1 unspecified atom stereocenters. The fourth-order valence-corrected chi connectivity index (χ4v) is 4.38. The summed E-state index contributed by atoms with van der Waals surface area (Å²) in [6.07, 6.45) is 0.744. The van der Waals surface area contributed by atoms with Crippen molar-refractivity contribution in [3.63, 3.8) is 0 Å². The molecule has 0 saturated carbocycles. The third kappa shape index (κ3) is 2.22. The Morgan fingerprint density at radius 3 is 2.07 bits per heavy atom. The summed E-state index contributed by atoms with van der Waals surface area (Å²) in [5, 5.41) is 12.0. The van der Waals surface area contributed by atoms with Gasteiger partial charge in [-0.25, -0.2) is 0 Å². The Labute approximate surface area is 158 Å². The molecular weight excluding hydrogens is 334 g/mol. The molecule has 2 aliphatic rings. The van der Waals surface area contributed by atoms with Gasteiger partial charge >= 0.3 is 0 Å². The van der Waals surface area contributed by atoms with Gasteiger partial charge in [-0.05, 0) is 23.1 Å². The van der Waals surface area contributed by atoms with Crippen LogP contribution in [-0.4, -0.2) is 22.5 Å². The lowest BCUT2D eigenvalue weighted by atomic mass is 9.82. The molecule has 0 bridgehead atoms. The van der Waals surface area contributed by atoms with Gasteiger partial charge in [0.2, 0.25) is 0 Å². The zero-order valence-corrected chi connectivity index (χ0v) is 14.8. The summed E-state index contributed by atoms with van der Waals surface area (Å²) in [5.41, 5.74) is 3.40. The maximum Gasteiger partial charge on any atom is 0.257 e. The molecule has 2 heterocycles. The fourth-order valence-electron chi connectivity index (χ4n) is 4.38. The summed E-state index contributed by atoms with van der Waals surface area (Å²) in [5.74, 6) is -0.114. The zero-order chi connectivity index (χ0) is 18.4. The van der Waals surface area contributed by atoms with Crippen LogP contribution in [0.1, 0.15) is 22.3 Å². The first-order chi connectivity index (χ1) is 13.2. The quantitative estimate of drug-likeness (QED) is 0.760. The van der Waals surface area contributed by atoms with Crippen LogP contribution in [0.2, 0.25) is 0 Å². The van der Waals surface area contributed by atoms with E-state index < -0.39 is 5.72 Å². The Kier molecular flexibility index (Phi) is 3.52. The third-order valence-corrected chi connectivity index (χ3v) is 5.57. The van der Waals surface area contributed by atoms with E-state index in [-0.39, 0.29) is 5.91 Å². The van der Waals surface area contributed by atoms with Crippen molar-refractivity contribution in [3.8, 4) is 0 Å². The van der Waals surface area contributed by atoms with Crippen molar-refractivity contribution in [2.75, 3.05) is 6.54 Å². The normalized spacial score (nSPS) is 21.2. The predicted octanol–water partition coefficient (Wildman–Crippen LogP) is 3.84. The van der Waals surface area contributed by atoms with Gasteiger partial charge in [0.1, 0.15) is 0 Å². The van der Waals surface area contributed by atoms with E-state index in [1.54, 1.807) is 4.90 Å². The van der Waals surface area contributed by atoms with Crippen molar-refractivity contribution in [2.24, 2.45) is 0 Å². The minimum atomic E-state index is -1.45. The lowest BCUT2D eigenvalue weighted by Crippen LogP contribution is -2.49. The Morgan fingerprint density at radius 1 is 0.778 bits per heavy atom. The summed E-state index contributed by atoms with van der Waals surface area (Å²) >= 11 is 0. The summed E-state index contributed by atoms with van der Waals surface area (Å²) in [4.78, 5) is 15.1. The molecule has 0 fully saturated rings. The molecule has 132 valence electrons. The number of rotatable bonds is 2. The molecule has 1 N–H and O–H groups in total. The van der Waals surface area contributed by atoms with Crippen molar-refractivity contribution in [2.45, 2.75) is 12.1 Å². The number of nitrogens with zero attached hydrogens (tertiary/aromatic N) is 1. The number of carbonyl (C=O) groups is 1. The third-order valence-electron chi connectivity index (χ3n) is 5.57. The maximum absolute atomic E-state index is 13.4. The Morgan fingerprint density at radius 2 is 1.37 bits per heavy atom. The van der Waals surface area contributed by atoms with Crippen LogP contribution < -0.4 is 0 Å². The van der Waals surface area contributed by atoms with E-state index in [4.69, 9.17) is 0 Å². The second-order valence-corrected chi connectivity index (χ2v) is 7.02. The molecule has 3 heteroatoms. The van der Waals surface area contributed by atoms with Crippen LogP contribution in [0.5, 0.6) is 0 Å². The number of hydrogen-bond donors (Lipinski definition) is 1. The fraction of sp³-hybridized carbons (Fsp3) is 0.125. The summed E-state index contributed by atoms with van der Waals surface area (Å²) < 4.78 is 0. The molecular formula is C24H19NO2. The second-order valence-electron chi connectivity index (χ2n) is 7.02. The molecule has 1 amide bonds. The van der Waals surface area contributed by atoms with E-state index in [0.717, 1.165) is 28.7 Å². The van der Waals surface area contributed by atoms with Crippen LogP contribution in [0.4, 0.5) is 0 Å². The van der Waals surface area contributed by atoms with Crippen LogP contribution >= 0.6 is 0 Å². The largest absolute Gasteiger partial charge is 0.363 e. The Hall–Kier alpha value is -3.17. The first-order valence-electron chi connectivity index (χ1n) is 9.19. The maximum atomic E-state index is 13.4. The van der Waals surface area contributed by atoms with Gasteiger partial charge in [0, 0.05) is 17.7 Å². The molecule has 0 spiro atoms. The highest BCUT2D eigenvalue weighted by Crippen LogP contribution is 2.52. The Balaban J connectivity index is 1.86. The van der Waals surface area contributed by atoms with Crippen LogP contribution in [0.15, 0.2) is 84.9 Å². The van der Waals surface area contributed by atoms with Gasteiger partial charge in [-0.1, -0.05) is 84.9 Å². The van der Waals surface area contributed by atoms with E-state index in [1.165, 1.54) is 0 Å². The molecule has 0 aromatic heterocycles. The van der Waals surface area contributed by atoms with Gasteiger partial charge in [0.05, 0.1) is 5.57 Å². The van der Waals surface area contributed by atoms with E-state index in [2.05, 4.69) is 0 Å². The van der Waals surface area contributed by atoms with Gasteiger partial charge in [-0.15, -0.1) is 0 Å². The highest BCUT2D eigenvalue weighted by atomic mass is 16.3. The molecule has 3 aromatic carbocycles. The van der Waals surface area contributed by atoms with Crippen molar-refractivity contribution in [1.29, 1.82) is 0 Å². The summed E-state index contributed by atoms with van der Waals surface area (Å²) in [7, 11) is 0. The molecule has 0 saturated heterocycles. The van der Waals surface area contributed by atoms with Gasteiger partial charge < -0.3 is 10.0 Å². The highest BCUT2D eigenvalue weighted by molar-refractivity contribution is 6.31. The lowest BCUT2D eigenvalue weighted by molar-refractivity contribution is -0.142. The zero-order valence-electron chi connectivity index (χ0n) is 14.8. The molecule has 2 aliphatic heterocycles. The van der Waals surface area contributed by atoms with E-state index >= 15 is 0 Å². The molecule has 5 rings (SSSR count). The van der Waals surface area contributed by atoms with Crippen LogP contribution in [0.25, 0.3) is 11.1 Å². The molecule has 0 radical (unpaired) electrons. The highest BCUT2D eigenvalue weighted by Gasteiger charge is 2.54. The monoisotopic (exact) mass is 353 g/mol. The van der Waals surface area contributed by atoms with E-state index in [9.17, 15) is 9.90 Å². The smallest absolute Gasteiger partial charge is 0.257 e. The van der Waals surface area contributed by atoms with Crippen LogP contribution in [0, 0.1) is 0 Å². The molecule has 27 heavy (non-hydrogen) atoms. The van der Waals surface area contributed by atoms with Crippen molar-refractivity contribution in [1.82, 2.24) is 4.90 Å². The minimum Gasteiger partial charge on any atom is -0.363 e. The number of carbonyl (C=O) groups excluding carboxylic acids is 1. The van der Waals surface area contributed by atoms with Gasteiger partial charge in [0.25, 0.3) is 5.91 Å². The number of amides is 1. The number of fused-ring (bicyclic) bond motifs is 3. The molecule has 0 aliphatic carbocycles. The van der Waals surface area contributed by atoms with Crippen LogP contribution in [0.3, 0.4) is 0 Å². The topological polar surface area (TPSA) is 40.5 Å². The molecule has 3 aromatic rings. The minimum absolute atomic E-state index is 0.114. The Bertz CT molecular complexity index is 1060. The summed E-state index contributed by atoms with van der Waals surface area (Å²) in [6, 6.07) is 27.3.